The summed E-state index contributed by atoms with van der Waals surface area (Å²) in [6.07, 6.45) is 3.42. The highest BCUT2D eigenvalue weighted by Gasteiger charge is 2.46. The summed E-state index contributed by atoms with van der Waals surface area (Å²) in [7, 11) is 1.65. The fourth-order valence-corrected chi connectivity index (χ4v) is 4.02. The van der Waals surface area contributed by atoms with E-state index in [0.717, 1.165) is 32.2 Å². The van der Waals surface area contributed by atoms with E-state index in [1.54, 1.807) is 17.4 Å². The molecule has 0 N–H and O–H groups in total. The van der Waals surface area contributed by atoms with Crippen molar-refractivity contribution < 1.29 is 14.3 Å². The Morgan fingerprint density at radius 1 is 1.35 bits per heavy atom. The van der Waals surface area contributed by atoms with Crippen molar-refractivity contribution in [1.29, 1.82) is 0 Å². The number of carbonyl (C=O) groups excluding carboxylic acids is 2. The monoisotopic (exact) mass is 338 g/mol. The summed E-state index contributed by atoms with van der Waals surface area (Å²) in [5.74, 6) is 0.163. The number of nitrogens with zero attached hydrogens (tertiary/aromatic N) is 4. The van der Waals surface area contributed by atoms with Crippen LogP contribution < -0.4 is 0 Å². The largest absolute Gasteiger partial charge is 0.383 e. The van der Waals surface area contributed by atoms with E-state index in [9.17, 15) is 9.59 Å². The first kappa shape index (κ1) is 16.3. The van der Waals surface area contributed by atoms with E-state index in [1.165, 1.54) is 11.5 Å². The summed E-state index contributed by atoms with van der Waals surface area (Å²) in [6.45, 7) is 3.27. The molecule has 0 unspecified atom stereocenters. The van der Waals surface area contributed by atoms with Gasteiger partial charge in [-0.3, -0.25) is 9.59 Å². The molecule has 0 bridgehead atoms. The molecule has 1 aromatic rings. The zero-order chi connectivity index (χ0) is 16.3. The lowest BCUT2D eigenvalue weighted by atomic mass is 9.71. The zero-order valence-electron chi connectivity index (χ0n) is 13.4. The zero-order valence-corrected chi connectivity index (χ0v) is 14.2. The second kappa shape index (κ2) is 6.92. The van der Waals surface area contributed by atoms with Crippen molar-refractivity contribution in [1.82, 2.24) is 19.4 Å². The highest BCUT2D eigenvalue weighted by atomic mass is 32.1. The Labute approximate surface area is 139 Å². The van der Waals surface area contributed by atoms with Gasteiger partial charge in [-0.25, -0.2) is 0 Å². The van der Waals surface area contributed by atoms with Gasteiger partial charge in [-0.15, -0.1) is 5.10 Å². The van der Waals surface area contributed by atoms with E-state index < -0.39 is 0 Å². The molecule has 1 aromatic heterocycles. The van der Waals surface area contributed by atoms with Gasteiger partial charge in [0.05, 0.1) is 12.0 Å². The summed E-state index contributed by atoms with van der Waals surface area (Å²) in [5.41, 5.74) is 0.117. The Balaban J connectivity index is 1.62. The second-order valence-electron chi connectivity index (χ2n) is 6.25. The van der Waals surface area contributed by atoms with E-state index in [2.05, 4.69) is 9.59 Å². The van der Waals surface area contributed by atoms with Crippen LogP contribution in [-0.4, -0.2) is 71.1 Å². The van der Waals surface area contributed by atoms with E-state index in [4.69, 9.17) is 4.74 Å². The van der Waals surface area contributed by atoms with Crippen molar-refractivity contribution >= 4 is 23.3 Å². The smallest absolute Gasteiger partial charge is 0.275 e. The number of hydrogen-bond acceptors (Lipinski definition) is 6. The minimum Gasteiger partial charge on any atom is -0.383 e. The molecule has 0 radical (unpaired) electrons. The Kier molecular flexibility index (Phi) is 4.91. The van der Waals surface area contributed by atoms with Crippen molar-refractivity contribution in [2.24, 2.45) is 5.41 Å². The molecule has 3 rings (SSSR count). The Morgan fingerprint density at radius 3 is 2.78 bits per heavy atom. The van der Waals surface area contributed by atoms with Crippen LogP contribution in [0, 0.1) is 5.41 Å². The van der Waals surface area contributed by atoms with E-state index in [-0.39, 0.29) is 17.2 Å². The highest BCUT2D eigenvalue weighted by molar-refractivity contribution is 7.03. The number of aromatic nitrogens is 2. The summed E-state index contributed by atoms with van der Waals surface area (Å²) in [6, 6.07) is 0. The van der Waals surface area contributed by atoms with Gasteiger partial charge in [-0.1, -0.05) is 4.49 Å². The van der Waals surface area contributed by atoms with Gasteiger partial charge in [0.2, 0.25) is 5.91 Å². The van der Waals surface area contributed by atoms with E-state index in [0.29, 0.717) is 31.9 Å². The van der Waals surface area contributed by atoms with Crippen molar-refractivity contribution in [3.8, 4) is 0 Å². The Morgan fingerprint density at radius 2 is 2.13 bits per heavy atom. The van der Waals surface area contributed by atoms with Crippen molar-refractivity contribution in [2.45, 2.75) is 25.7 Å². The lowest BCUT2D eigenvalue weighted by Gasteiger charge is -2.46. The van der Waals surface area contributed by atoms with Gasteiger partial charge in [0.25, 0.3) is 5.91 Å². The molecular weight excluding hydrogens is 316 g/mol. The average Bonchev–Trinajstić information content (AvgIpc) is 3.11. The van der Waals surface area contributed by atoms with Crippen LogP contribution in [-0.2, 0) is 9.53 Å². The van der Waals surface area contributed by atoms with Crippen LogP contribution in [0.2, 0.25) is 0 Å². The normalized spacial score (nSPS) is 21.0. The van der Waals surface area contributed by atoms with Gasteiger partial charge < -0.3 is 14.5 Å². The third kappa shape index (κ3) is 3.23. The van der Waals surface area contributed by atoms with Crippen LogP contribution in [0.4, 0.5) is 0 Å². The number of methoxy groups -OCH3 is 1. The Bertz CT molecular complexity index is 555. The minimum absolute atomic E-state index is 0.0758. The fourth-order valence-electron chi connectivity index (χ4n) is 3.59. The molecule has 0 atom stereocenters. The van der Waals surface area contributed by atoms with Crippen molar-refractivity contribution in [2.75, 3.05) is 39.9 Å². The van der Waals surface area contributed by atoms with Gasteiger partial charge in [-0.05, 0) is 37.2 Å². The molecule has 1 spiro atoms. The second-order valence-corrected chi connectivity index (χ2v) is 6.86. The number of carbonyl (C=O) groups is 2. The lowest BCUT2D eigenvalue weighted by Crippen LogP contribution is -2.54. The first-order chi connectivity index (χ1) is 11.2. The van der Waals surface area contributed by atoms with Crippen LogP contribution in [0.3, 0.4) is 0 Å². The number of ether oxygens (including phenoxy) is 1. The lowest BCUT2D eigenvalue weighted by molar-refractivity contribution is -0.150. The number of rotatable bonds is 4. The van der Waals surface area contributed by atoms with Gasteiger partial charge in [0.1, 0.15) is 0 Å². The molecule has 2 fully saturated rings. The molecule has 0 aromatic carbocycles. The maximum Gasteiger partial charge on any atom is 0.275 e. The molecule has 2 amide bonds. The molecule has 2 saturated heterocycles. The highest BCUT2D eigenvalue weighted by Crippen LogP contribution is 2.41. The number of piperidine rings is 2. The van der Waals surface area contributed by atoms with Gasteiger partial charge in [0, 0.05) is 38.7 Å². The van der Waals surface area contributed by atoms with Crippen molar-refractivity contribution in [3.63, 3.8) is 0 Å². The molecule has 8 heteroatoms. The molecule has 2 aliphatic heterocycles. The maximum atomic E-state index is 12.9. The molecule has 0 saturated carbocycles. The summed E-state index contributed by atoms with van der Waals surface area (Å²) in [5, 5.41) is 5.52. The van der Waals surface area contributed by atoms with Gasteiger partial charge in [0.15, 0.2) is 5.69 Å². The van der Waals surface area contributed by atoms with E-state index in [1.807, 2.05) is 4.90 Å². The standard InChI is InChI=1S/C15H22N4O3S/c1-22-10-9-19-6-2-3-15(14(19)21)4-7-18(8-5-15)13(20)12-11-23-17-16-12/h11H,2-10H2,1H3. The summed E-state index contributed by atoms with van der Waals surface area (Å²) in [4.78, 5) is 28.9. The first-order valence-corrected chi connectivity index (χ1v) is 8.85. The molecule has 126 valence electrons. The molecule has 2 aliphatic rings. The predicted octanol–water partition coefficient (Wildman–Crippen LogP) is 1.03. The van der Waals surface area contributed by atoms with Crippen LogP contribution in [0.5, 0.6) is 0 Å². The summed E-state index contributed by atoms with van der Waals surface area (Å²) >= 11 is 1.18. The van der Waals surface area contributed by atoms with Crippen LogP contribution in [0.1, 0.15) is 36.2 Å². The molecule has 23 heavy (non-hydrogen) atoms. The Hall–Kier alpha value is -1.54. The summed E-state index contributed by atoms with van der Waals surface area (Å²) < 4.78 is 8.84. The van der Waals surface area contributed by atoms with Crippen LogP contribution in [0.25, 0.3) is 0 Å². The third-order valence-corrected chi connectivity index (χ3v) is 5.48. The minimum atomic E-state index is -0.289. The first-order valence-electron chi connectivity index (χ1n) is 8.01. The molecule has 0 aliphatic carbocycles. The van der Waals surface area contributed by atoms with E-state index >= 15 is 0 Å². The van der Waals surface area contributed by atoms with Gasteiger partial charge >= 0.3 is 0 Å². The quantitative estimate of drug-likeness (QED) is 0.820. The third-order valence-electron chi connectivity index (χ3n) is 4.98. The SMILES string of the molecule is COCCN1CCCC2(CCN(C(=O)c3csnn3)CC2)C1=O. The molecular formula is C15H22N4O3S. The number of hydrogen-bond donors (Lipinski definition) is 0. The van der Waals surface area contributed by atoms with Gasteiger partial charge in [-0.2, -0.15) is 0 Å². The van der Waals surface area contributed by atoms with Crippen LogP contribution in [0.15, 0.2) is 5.38 Å². The fraction of sp³-hybridized carbons (Fsp3) is 0.733. The molecule has 7 nitrogen and oxygen atoms in total. The molecule has 3 heterocycles. The number of amides is 2. The average molecular weight is 338 g/mol. The van der Waals surface area contributed by atoms with Crippen LogP contribution >= 0.6 is 11.5 Å². The maximum absolute atomic E-state index is 12.9. The number of likely N-dealkylation sites (tertiary alicyclic amines) is 2. The van der Waals surface area contributed by atoms with Crippen molar-refractivity contribution in [3.05, 3.63) is 11.1 Å². The predicted molar refractivity (Wildman–Crippen MR) is 85.2 cm³/mol. The topological polar surface area (TPSA) is 75.6 Å².